The van der Waals surface area contributed by atoms with Gasteiger partial charge in [-0.25, -0.2) is 0 Å². The van der Waals surface area contributed by atoms with E-state index in [1.165, 1.54) is 12.8 Å². The first-order valence-electron chi connectivity index (χ1n) is 25.8. The summed E-state index contributed by atoms with van der Waals surface area (Å²) in [6, 6.07) is 39.0. The molecule has 1 unspecified atom stereocenters. The number of amides is 2. The normalized spacial score (nSPS) is 14.4. The quantitative estimate of drug-likeness (QED) is 0.0451. The van der Waals surface area contributed by atoms with Gasteiger partial charge in [-0.3, -0.25) is 14.4 Å². The predicted molar refractivity (Wildman–Crippen MR) is 280 cm³/mol. The van der Waals surface area contributed by atoms with Gasteiger partial charge in [0, 0.05) is 78.0 Å². The summed E-state index contributed by atoms with van der Waals surface area (Å²) in [7, 11) is 0. The molecule has 1 saturated heterocycles. The minimum absolute atomic E-state index is 0. The molecule has 14 heteroatoms. The number of hydrogen-bond donors (Lipinski definition) is 1. The number of ketones is 1. The Morgan fingerprint density at radius 3 is 1.36 bits per heavy atom. The van der Waals surface area contributed by atoms with Crippen LogP contribution in [0.1, 0.15) is 136 Å². The van der Waals surface area contributed by atoms with Gasteiger partial charge in [-0.1, -0.05) is 60.7 Å². The molecule has 9 rings (SSSR count). The number of benzene rings is 4. The van der Waals surface area contributed by atoms with Gasteiger partial charge < -0.3 is 48.2 Å². The van der Waals surface area contributed by atoms with Crippen LogP contribution in [0.2, 0.25) is 0 Å². The van der Waals surface area contributed by atoms with E-state index in [2.05, 4.69) is 6.92 Å². The molecule has 1 aliphatic heterocycles. The molecule has 1 atom stereocenters. The number of ether oxygens (including phenoxy) is 3. The molecule has 2 N–H and O–H groups in total. The van der Waals surface area contributed by atoms with Crippen molar-refractivity contribution in [2.45, 2.75) is 135 Å². The Kier molecular flexibility index (Phi) is 24.3. The van der Waals surface area contributed by atoms with Gasteiger partial charge in [0.25, 0.3) is 11.8 Å². The first-order chi connectivity index (χ1) is 35.1. The number of aliphatic carboxylic acids is 1. The molecular formula is C60H71LiN2O11. The number of rotatable bonds is 24. The Bertz CT molecular complexity index is 2410. The van der Waals surface area contributed by atoms with Crippen molar-refractivity contribution in [2.75, 3.05) is 19.8 Å². The van der Waals surface area contributed by atoms with E-state index in [0.29, 0.717) is 56.4 Å². The zero-order valence-corrected chi connectivity index (χ0v) is 43.3. The number of nitrogens with zero attached hydrogens (tertiary/aromatic N) is 2. The number of carbonyl (C=O) groups excluding carboxylic acids is 3. The number of carboxylic acids is 1. The second-order valence-corrected chi connectivity index (χ2v) is 18.9. The predicted octanol–water partition coefficient (Wildman–Crippen LogP) is 10.1. The van der Waals surface area contributed by atoms with Crippen molar-refractivity contribution < 1.29 is 71.7 Å². The Morgan fingerprint density at radius 2 is 1.01 bits per heavy atom. The maximum atomic E-state index is 13.4. The first-order valence-corrected chi connectivity index (χ1v) is 25.8. The summed E-state index contributed by atoms with van der Waals surface area (Å²) in [5, 5.41) is 8.73. The van der Waals surface area contributed by atoms with Gasteiger partial charge in [0.15, 0.2) is 0 Å². The molecule has 13 nitrogen and oxygen atoms in total. The summed E-state index contributed by atoms with van der Waals surface area (Å²) in [5.74, 6) is 2.72. The van der Waals surface area contributed by atoms with E-state index in [4.69, 9.17) is 28.2 Å². The number of carbonyl (C=O) groups is 4. The van der Waals surface area contributed by atoms with Crippen molar-refractivity contribution in [2.24, 2.45) is 0 Å². The average Bonchev–Trinajstić information content (AvgIpc) is 4.21. The van der Waals surface area contributed by atoms with Gasteiger partial charge in [0.05, 0.1) is 31.8 Å². The van der Waals surface area contributed by atoms with Crippen molar-refractivity contribution in [3.8, 4) is 34.1 Å². The molecule has 6 aromatic rings. The summed E-state index contributed by atoms with van der Waals surface area (Å²) in [5.41, 5.74) is 5.24. The molecule has 2 aromatic heterocycles. The van der Waals surface area contributed by atoms with Crippen LogP contribution in [0.5, 0.6) is 11.5 Å². The van der Waals surface area contributed by atoms with Crippen molar-refractivity contribution in [3.63, 3.8) is 0 Å². The summed E-state index contributed by atoms with van der Waals surface area (Å²) < 4.78 is 28.1. The number of carboxylic acid groups (broad SMARTS) is 1. The minimum atomic E-state index is -0.762. The van der Waals surface area contributed by atoms with Gasteiger partial charge in [-0.15, -0.1) is 0 Å². The Labute approximate surface area is 448 Å². The molecule has 3 heterocycles. The minimum Gasteiger partial charge on any atom is -0.870 e. The van der Waals surface area contributed by atoms with Crippen LogP contribution in [-0.2, 0) is 27.4 Å². The Hall–Kier alpha value is -6.36. The third-order valence-electron chi connectivity index (χ3n) is 12.9. The monoisotopic (exact) mass is 1000 g/mol. The summed E-state index contributed by atoms with van der Waals surface area (Å²) >= 11 is 0. The van der Waals surface area contributed by atoms with Gasteiger partial charge in [-0.05, 0) is 152 Å². The number of furan rings is 2. The van der Waals surface area contributed by atoms with Crippen LogP contribution < -0.4 is 28.3 Å². The maximum absolute atomic E-state index is 13.4. The third kappa shape index (κ3) is 18.8. The number of para-hydroxylation sites is 2. The van der Waals surface area contributed by atoms with E-state index in [0.717, 1.165) is 110 Å². The van der Waals surface area contributed by atoms with E-state index < -0.39 is 5.97 Å². The third-order valence-corrected chi connectivity index (χ3v) is 12.9. The molecule has 4 aromatic carbocycles. The fourth-order valence-electron chi connectivity index (χ4n) is 8.51. The second-order valence-electron chi connectivity index (χ2n) is 18.9. The second kappa shape index (κ2) is 30.7. The van der Waals surface area contributed by atoms with E-state index in [-0.39, 0.29) is 60.4 Å². The molecule has 74 heavy (non-hydrogen) atoms. The van der Waals surface area contributed by atoms with Crippen LogP contribution in [-0.4, -0.2) is 82.0 Å². The zero-order valence-electron chi connectivity index (χ0n) is 43.3. The Balaban J connectivity index is 0.000000240. The summed E-state index contributed by atoms with van der Waals surface area (Å²) in [4.78, 5) is 52.3. The molecule has 0 radical (unpaired) electrons. The molecule has 388 valence electrons. The van der Waals surface area contributed by atoms with E-state index in [1.54, 1.807) is 19.5 Å². The van der Waals surface area contributed by atoms with Gasteiger partial charge in [-0.2, -0.15) is 0 Å². The Morgan fingerprint density at radius 1 is 0.568 bits per heavy atom. The van der Waals surface area contributed by atoms with Crippen molar-refractivity contribution >= 4 is 23.6 Å². The van der Waals surface area contributed by atoms with Gasteiger partial charge >= 0.3 is 24.8 Å². The first kappa shape index (κ1) is 58.5. The fraction of sp³-hybridized carbons (Fsp3) is 0.400. The van der Waals surface area contributed by atoms with Crippen molar-refractivity contribution in [1.82, 2.24) is 9.80 Å². The van der Waals surface area contributed by atoms with E-state index in [9.17, 15) is 19.2 Å². The molecule has 3 aliphatic rings. The molecule has 0 bridgehead atoms. The van der Waals surface area contributed by atoms with Crippen LogP contribution >= 0.6 is 0 Å². The van der Waals surface area contributed by atoms with Gasteiger partial charge in [0.1, 0.15) is 28.8 Å². The van der Waals surface area contributed by atoms with Crippen LogP contribution in [0.15, 0.2) is 143 Å². The molecule has 2 saturated carbocycles. The van der Waals surface area contributed by atoms with E-state index >= 15 is 0 Å². The molecule has 2 aliphatic carbocycles. The SMILES string of the molecule is CC(=O)CCCCCOc1ccccc1CN(C(=O)c1ccc(-c2ccco2)cc1)C1CC1.CC1CCCO1.O=C(O)CCCCCOc1ccccc1CN(C(=O)c1ccc(-c2ccco2)cc1)C1CC1.[Li+].[OH-]. The topological polar surface area (TPSA) is 179 Å². The van der Waals surface area contributed by atoms with Crippen molar-refractivity contribution in [1.29, 1.82) is 0 Å². The number of Topliss-reactive ketones (excluding diaryl/α,β-unsaturated/α-hetero) is 1. The molecule has 0 spiro atoms. The van der Waals surface area contributed by atoms with Crippen LogP contribution in [0.25, 0.3) is 22.6 Å². The standard InChI is InChI=1S/C28H31NO4.C27H29NO5.C5H10O.Li.H2O/c1-21(30)8-3-2-6-18-32-27-10-5-4-9-24(27)20-29(25-16-17-25)28(31)23-14-12-22(13-15-23)26-11-7-19-33-26;29-26(30)10-2-1-5-17-32-25-8-4-3-7-22(25)19-28(23-15-16-23)27(31)21-13-11-20(12-14-21)24-9-6-18-33-24;1-5-3-2-4-6-5;;/h4-5,7,9-15,19,25H,2-3,6,8,16-18,20H2,1H3;3-4,6-9,11-14,18,23H,1-2,5,10,15-17,19H2,(H,29,30);5H,2-4H2,1H3;;1H2/q;;;+1;/p-1. The average molecular weight is 1000 g/mol. The van der Waals surface area contributed by atoms with E-state index in [1.807, 2.05) is 131 Å². The van der Waals surface area contributed by atoms with Crippen LogP contribution in [0.4, 0.5) is 0 Å². The number of unbranched alkanes of at least 4 members (excludes halogenated alkanes) is 4. The largest absolute Gasteiger partial charge is 1.00 e. The molecular weight excluding hydrogens is 932 g/mol. The summed E-state index contributed by atoms with van der Waals surface area (Å²) in [6.07, 6.45) is 16.4. The fourth-order valence-corrected chi connectivity index (χ4v) is 8.51. The molecule has 3 fully saturated rings. The maximum Gasteiger partial charge on any atom is 1.00 e. The smallest absolute Gasteiger partial charge is 0.870 e. The molecule has 2 amide bonds. The van der Waals surface area contributed by atoms with Gasteiger partial charge in [0.2, 0.25) is 0 Å². The summed E-state index contributed by atoms with van der Waals surface area (Å²) in [6.45, 7) is 6.91. The number of hydrogen-bond acceptors (Lipinski definition) is 10. The van der Waals surface area contributed by atoms with Crippen molar-refractivity contribution in [3.05, 3.63) is 156 Å². The zero-order chi connectivity index (χ0) is 50.5. The van der Waals surface area contributed by atoms with Crippen LogP contribution in [0.3, 0.4) is 0 Å². The van der Waals surface area contributed by atoms with Crippen LogP contribution in [0, 0.1) is 0 Å².